The molecule has 78 valence electrons. The van der Waals surface area contributed by atoms with Gasteiger partial charge in [-0.1, -0.05) is 24.3 Å². The van der Waals surface area contributed by atoms with E-state index < -0.39 is 0 Å². The van der Waals surface area contributed by atoms with Crippen LogP contribution in [0.5, 0.6) is 0 Å². The lowest BCUT2D eigenvalue weighted by atomic mass is 10.1. The lowest BCUT2D eigenvalue weighted by molar-refractivity contribution is 0.902. The second kappa shape index (κ2) is 3.81. The Hall–Kier alpha value is -1.70. The number of anilines is 2. The molecule has 0 aliphatic heterocycles. The Labute approximate surface area is 90.1 Å². The van der Waals surface area contributed by atoms with E-state index in [1.807, 2.05) is 18.2 Å². The van der Waals surface area contributed by atoms with Gasteiger partial charge in [0.1, 0.15) is 0 Å². The first-order valence-corrected chi connectivity index (χ1v) is 5.22. The molecule has 0 amide bonds. The highest BCUT2D eigenvalue weighted by atomic mass is 14.9. The molecule has 0 fully saturated rings. The molecule has 2 rings (SSSR count). The van der Waals surface area contributed by atoms with Crippen molar-refractivity contribution in [2.45, 2.75) is 19.9 Å². The van der Waals surface area contributed by atoms with Crippen LogP contribution in [0, 0.1) is 0 Å². The van der Waals surface area contributed by atoms with Crippen LogP contribution < -0.4 is 11.1 Å². The lowest BCUT2D eigenvalue weighted by Crippen LogP contribution is -2.10. The van der Waals surface area contributed by atoms with Gasteiger partial charge in [0, 0.05) is 22.8 Å². The normalized spacial score (nSPS) is 10.9. The van der Waals surface area contributed by atoms with E-state index in [0.717, 1.165) is 16.8 Å². The van der Waals surface area contributed by atoms with Gasteiger partial charge in [0.25, 0.3) is 0 Å². The largest absolute Gasteiger partial charge is 0.398 e. The number of nitrogens with two attached hydrogens (primary N) is 1. The van der Waals surface area contributed by atoms with Gasteiger partial charge < -0.3 is 11.1 Å². The molecule has 0 heterocycles. The Morgan fingerprint density at radius 1 is 1.07 bits per heavy atom. The van der Waals surface area contributed by atoms with Gasteiger partial charge in [0.15, 0.2) is 0 Å². The van der Waals surface area contributed by atoms with Crippen LogP contribution in [0.15, 0.2) is 36.4 Å². The average Bonchev–Trinajstić information content (AvgIpc) is 2.17. The van der Waals surface area contributed by atoms with Crippen LogP contribution in [0.2, 0.25) is 0 Å². The Balaban J connectivity index is 2.63. The fraction of sp³-hybridized carbons (Fsp3) is 0.231. The van der Waals surface area contributed by atoms with E-state index in [9.17, 15) is 0 Å². The third-order valence-electron chi connectivity index (χ3n) is 2.38. The van der Waals surface area contributed by atoms with Crippen molar-refractivity contribution in [3.63, 3.8) is 0 Å². The Morgan fingerprint density at radius 2 is 1.73 bits per heavy atom. The Kier molecular flexibility index (Phi) is 2.50. The summed E-state index contributed by atoms with van der Waals surface area (Å²) in [5, 5.41) is 5.71. The van der Waals surface area contributed by atoms with Gasteiger partial charge in [-0.15, -0.1) is 0 Å². The van der Waals surface area contributed by atoms with Crippen LogP contribution >= 0.6 is 0 Å². The molecule has 0 aliphatic rings. The lowest BCUT2D eigenvalue weighted by Gasteiger charge is -2.14. The molecular weight excluding hydrogens is 184 g/mol. The van der Waals surface area contributed by atoms with E-state index in [1.54, 1.807) is 0 Å². The summed E-state index contributed by atoms with van der Waals surface area (Å²) in [5.74, 6) is 0. The van der Waals surface area contributed by atoms with Crippen LogP contribution in [0.1, 0.15) is 13.8 Å². The second-order valence-corrected chi connectivity index (χ2v) is 4.05. The maximum absolute atomic E-state index is 5.99. The molecule has 0 saturated heterocycles. The molecule has 0 aromatic heterocycles. The number of fused-ring (bicyclic) bond motifs is 1. The van der Waals surface area contributed by atoms with Crippen molar-refractivity contribution in [1.29, 1.82) is 0 Å². The van der Waals surface area contributed by atoms with Crippen LogP contribution in [-0.4, -0.2) is 6.04 Å². The summed E-state index contributed by atoms with van der Waals surface area (Å²) in [6.07, 6.45) is 0. The van der Waals surface area contributed by atoms with Crippen LogP contribution in [0.3, 0.4) is 0 Å². The minimum absolute atomic E-state index is 0.412. The van der Waals surface area contributed by atoms with E-state index in [1.165, 1.54) is 5.39 Å². The highest BCUT2D eigenvalue weighted by molar-refractivity contribution is 6.02. The van der Waals surface area contributed by atoms with Crippen molar-refractivity contribution < 1.29 is 0 Å². The molecule has 3 N–H and O–H groups in total. The van der Waals surface area contributed by atoms with Crippen molar-refractivity contribution in [2.24, 2.45) is 0 Å². The highest BCUT2D eigenvalue weighted by Crippen LogP contribution is 2.28. The van der Waals surface area contributed by atoms with Gasteiger partial charge in [-0.25, -0.2) is 0 Å². The van der Waals surface area contributed by atoms with Crippen molar-refractivity contribution in [2.75, 3.05) is 11.1 Å². The molecule has 0 unspecified atom stereocenters. The summed E-state index contributed by atoms with van der Waals surface area (Å²) in [6.45, 7) is 4.25. The smallest absolute Gasteiger partial charge is 0.0442 e. The number of benzene rings is 2. The fourth-order valence-corrected chi connectivity index (χ4v) is 1.80. The third kappa shape index (κ3) is 1.89. The molecule has 0 aliphatic carbocycles. The van der Waals surface area contributed by atoms with Gasteiger partial charge in [-0.05, 0) is 31.4 Å². The molecule has 15 heavy (non-hydrogen) atoms. The highest BCUT2D eigenvalue weighted by Gasteiger charge is 2.04. The van der Waals surface area contributed by atoms with Crippen molar-refractivity contribution in [3.05, 3.63) is 36.4 Å². The summed E-state index contributed by atoms with van der Waals surface area (Å²) in [6, 6.07) is 12.6. The van der Waals surface area contributed by atoms with Gasteiger partial charge in [0.2, 0.25) is 0 Å². The molecule has 2 nitrogen and oxygen atoms in total. The van der Waals surface area contributed by atoms with Crippen molar-refractivity contribution in [1.82, 2.24) is 0 Å². The van der Waals surface area contributed by atoms with Crippen molar-refractivity contribution >= 4 is 22.1 Å². The van der Waals surface area contributed by atoms with E-state index in [-0.39, 0.29) is 0 Å². The van der Waals surface area contributed by atoms with Crippen LogP contribution in [0.4, 0.5) is 11.4 Å². The van der Waals surface area contributed by atoms with Gasteiger partial charge in [-0.3, -0.25) is 0 Å². The minimum atomic E-state index is 0.412. The monoisotopic (exact) mass is 200 g/mol. The number of nitrogen functional groups attached to an aromatic ring is 1. The van der Waals surface area contributed by atoms with Crippen molar-refractivity contribution in [3.8, 4) is 0 Å². The zero-order chi connectivity index (χ0) is 10.8. The van der Waals surface area contributed by atoms with E-state index in [2.05, 4.69) is 37.4 Å². The number of nitrogens with one attached hydrogen (secondary N) is 1. The topological polar surface area (TPSA) is 38.0 Å². The second-order valence-electron chi connectivity index (χ2n) is 4.05. The summed E-state index contributed by atoms with van der Waals surface area (Å²) in [7, 11) is 0. The van der Waals surface area contributed by atoms with E-state index >= 15 is 0 Å². The van der Waals surface area contributed by atoms with Crippen LogP contribution in [-0.2, 0) is 0 Å². The fourth-order valence-electron chi connectivity index (χ4n) is 1.80. The predicted octanol–water partition coefficient (Wildman–Crippen LogP) is 3.24. The molecule has 2 aromatic rings. The average molecular weight is 200 g/mol. The number of hydrogen-bond donors (Lipinski definition) is 2. The summed E-state index contributed by atoms with van der Waals surface area (Å²) in [4.78, 5) is 0. The van der Waals surface area contributed by atoms with Gasteiger partial charge in [0.05, 0.1) is 0 Å². The summed E-state index contributed by atoms with van der Waals surface area (Å²) < 4.78 is 0. The molecule has 0 saturated carbocycles. The molecule has 0 bridgehead atoms. The summed E-state index contributed by atoms with van der Waals surface area (Å²) >= 11 is 0. The maximum atomic E-state index is 5.99. The molecule has 2 aromatic carbocycles. The maximum Gasteiger partial charge on any atom is 0.0442 e. The van der Waals surface area contributed by atoms with Gasteiger partial charge in [-0.2, -0.15) is 0 Å². The zero-order valence-corrected chi connectivity index (χ0v) is 9.12. The molecule has 2 heteroatoms. The molecule has 0 spiro atoms. The van der Waals surface area contributed by atoms with E-state index in [4.69, 9.17) is 5.73 Å². The number of hydrogen-bond acceptors (Lipinski definition) is 2. The quantitative estimate of drug-likeness (QED) is 0.730. The third-order valence-corrected chi connectivity index (χ3v) is 2.38. The SMILES string of the molecule is CC(C)Nc1cccc2cccc(N)c12. The first-order chi connectivity index (χ1) is 7.18. The minimum Gasteiger partial charge on any atom is -0.398 e. The molecular formula is C13H16N2. The molecule has 0 radical (unpaired) electrons. The summed E-state index contributed by atoms with van der Waals surface area (Å²) in [5.41, 5.74) is 7.93. The zero-order valence-electron chi connectivity index (χ0n) is 9.12. The number of rotatable bonds is 2. The Bertz CT molecular complexity index is 470. The Morgan fingerprint density at radius 3 is 2.40 bits per heavy atom. The predicted molar refractivity (Wildman–Crippen MR) is 67.1 cm³/mol. The first-order valence-electron chi connectivity index (χ1n) is 5.22. The van der Waals surface area contributed by atoms with Gasteiger partial charge >= 0.3 is 0 Å². The first kappa shape index (κ1) is 9.84. The standard InChI is InChI=1S/C13H16N2/c1-9(2)15-12-8-4-6-10-5-3-7-11(14)13(10)12/h3-9,15H,14H2,1-2H3. The molecule has 0 atom stereocenters. The van der Waals surface area contributed by atoms with Crippen LogP contribution in [0.25, 0.3) is 10.8 Å². The van der Waals surface area contributed by atoms with E-state index in [0.29, 0.717) is 6.04 Å².